The molecule has 1 atom stereocenters. The van der Waals surface area contributed by atoms with Crippen LogP contribution in [0.4, 0.5) is 4.39 Å². The smallest absolute Gasteiger partial charge is 0.253 e. The van der Waals surface area contributed by atoms with Crippen LogP contribution in [-0.2, 0) is 6.54 Å². The number of benzene rings is 2. The Kier molecular flexibility index (Phi) is 6.80. The maximum atomic E-state index is 14.4. The zero-order chi connectivity index (χ0) is 26.1. The van der Waals surface area contributed by atoms with Crippen molar-refractivity contribution in [2.45, 2.75) is 53.6 Å². The number of nitriles is 1. The van der Waals surface area contributed by atoms with Gasteiger partial charge in [0, 0.05) is 46.5 Å². The van der Waals surface area contributed by atoms with Crippen LogP contribution in [0.1, 0.15) is 64.6 Å². The number of aryl methyl sites for hydroxylation is 3. The van der Waals surface area contributed by atoms with Gasteiger partial charge in [0.25, 0.3) is 11.5 Å². The van der Waals surface area contributed by atoms with Gasteiger partial charge in [-0.05, 0) is 86.7 Å². The van der Waals surface area contributed by atoms with E-state index in [0.717, 1.165) is 34.1 Å². The number of nitrogens with zero attached hydrogens (tertiary/aromatic N) is 2. The summed E-state index contributed by atoms with van der Waals surface area (Å²) >= 11 is 0. The van der Waals surface area contributed by atoms with Crippen molar-refractivity contribution in [3.63, 3.8) is 0 Å². The number of aromatic nitrogens is 2. The van der Waals surface area contributed by atoms with Crippen LogP contribution in [-0.4, -0.2) is 15.5 Å². The Hall–Kier alpha value is -4.18. The average molecular weight is 485 g/mol. The quantitative estimate of drug-likeness (QED) is 0.361. The van der Waals surface area contributed by atoms with Crippen LogP contribution in [0.2, 0.25) is 0 Å². The fourth-order valence-electron chi connectivity index (χ4n) is 4.65. The zero-order valence-corrected chi connectivity index (χ0v) is 21.1. The van der Waals surface area contributed by atoms with Crippen molar-refractivity contribution in [2.24, 2.45) is 0 Å². The monoisotopic (exact) mass is 484 g/mol. The SMILES string of the molecule is CC[C@H](C)n1cc(C)c2c(C(=O)NCc3c(C)cc(C)[nH]c3=O)cc(-c3ccc(C#N)c(F)c3)cc21. The molecule has 4 aromatic rings. The fourth-order valence-corrected chi connectivity index (χ4v) is 4.65. The van der Waals surface area contributed by atoms with E-state index in [1.807, 2.05) is 45.2 Å². The minimum atomic E-state index is -0.608. The predicted octanol–water partition coefficient (Wildman–Crippen LogP) is 5.83. The van der Waals surface area contributed by atoms with Crippen molar-refractivity contribution in [2.75, 3.05) is 0 Å². The lowest BCUT2D eigenvalue weighted by Crippen LogP contribution is -2.28. The molecule has 6 nitrogen and oxygen atoms in total. The first kappa shape index (κ1) is 24.9. The summed E-state index contributed by atoms with van der Waals surface area (Å²) in [5, 5.41) is 12.8. The second-order valence-electron chi connectivity index (χ2n) is 9.33. The van der Waals surface area contributed by atoms with E-state index in [-0.39, 0.29) is 29.6 Å². The molecule has 0 saturated carbocycles. The van der Waals surface area contributed by atoms with Crippen LogP contribution < -0.4 is 10.9 Å². The number of carbonyl (C=O) groups is 1. The molecule has 7 heteroatoms. The molecule has 0 aliphatic carbocycles. The third-order valence-electron chi connectivity index (χ3n) is 6.78. The highest BCUT2D eigenvalue weighted by molar-refractivity contribution is 6.09. The summed E-state index contributed by atoms with van der Waals surface area (Å²) in [4.78, 5) is 28.7. The third-order valence-corrected chi connectivity index (χ3v) is 6.78. The minimum absolute atomic E-state index is 0.0321. The molecule has 2 aromatic carbocycles. The van der Waals surface area contributed by atoms with E-state index in [1.54, 1.807) is 12.1 Å². The zero-order valence-electron chi connectivity index (χ0n) is 21.1. The molecule has 0 unspecified atom stereocenters. The number of aromatic amines is 1. The third kappa shape index (κ3) is 4.55. The summed E-state index contributed by atoms with van der Waals surface area (Å²) in [6.45, 7) is 9.92. The largest absolute Gasteiger partial charge is 0.348 e. The molecule has 0 aliphatic rings. The second-order valence-corrected chi connectivity index (χ2v) is 9.33. The van der Waals surface area contributed by atoms with Gasteiger partial charge in [-0.25, -0.2) is 4.39 Å². The number of amides is 1. The lowest BCUT2D eigenvalue weighted by atomic mass is 9.97. The van der Waals surface area contributed by atoms with Gasteiger partial charge in [-0.15, -0.1) is 0 Å². The molecule has 0 bridgehead atoms. The molecular weight excluding hydrogens is 455 g/mol. The van der Waals surface area contributed by atoms with Crippen LogP contribution in [0.25, 0.3) is 22.0 Å². The highest BCUT2D eigenvalue weighted by Gasteiger charge is 2.20. The van der Waals surface area contributed by atoms with Gasteiger partial charge in [-0.2, -0.15) is 5.26 Å². The van der Waals surface area contributed by atoms with Gasteiger partial charge in [0.1, 0.15) is 11.9 Å². The number of nitrogens with one attached hydrogen (secondary N) is 2. The number of carbonyl (C=O) groups excluding carboxylic acids is 1. The van der Waals surface area contributed by atoms with Crippen molar-refractivity contribution in [1.82, 2.24) is 14.9 Å². The van der Waals surface area contributed by atoms with E-state index in [4.69, 9.17) is 5.26 Å². The molecule has 2 heterocycles. The van der Waals surface area contributed by atoms with Crippen molar-refractivity contribution < 1.29 is 9.18 Å². The second kappa shape index (κ2) is 9.82. The van der Waals surface area contributed by atoms with Gasteiger partial charge in [-0.3, -0.25) is 9.59 Å². The first-order valence-corrected chi connectivity index (χ1v) is 12.0. The van der Waals surface area contributed by atoms with Crippen LogP contribution in [0, 0.1) is 37.9 Å². The molecule has 0 fully saturated rings. The fraction of sp³-hybridized carbons (Fsp3) is 0.276. The molecular formula is C29H29FN4O2. The number of hydrogen-bond donors (Lipinski definition) is 2. The molecule has 1 amide bonds. The summed E-state index contributed by atoms with van der Waals surface area (Å²) in [5.41, 5.74) is 5.34. The Morgan fingerprint density at radius 3 is 2.53 bits per heavy atom. The number of H-pyrrole nitrogens is 1. The van der Waals surface area contributed by atoms with Gasteiger partial charge < -0.3 is 14.9 Å². The van der Waals surface area contributed by atoms with Crippen molar-refractivity contribution in [1.29, 1.82) is 5.26 Å². The summed E-state index contributed by atoms with van der Waals surface area (Å²) in [6.07, 6.45) is 2.93. The molecule has 36 heavy (non-hydrogen) atoms. The van der Waals surface area contributed by atoms with Gasteiger partial charge in [0.15, 0.2) is 0 Å². The molecule has 0 saturated heterocycles. The summed E-state index contributed by atoms with van der Waals surface area (Å²) in [6, 6.07) is 12.1. The van der Waals surface area contributed by atoms with E-state index < -0.39 is 5.82 Å². The average Bonchev–Trinajstić information content (AvgIpc) is 3.18. The van der Waals surface area contributed by atoms with E-state index >= 15 is 0 Å². The van der Waals surface area contributed by atoms with Gasteiger partial charge in [-0.1, -0.05) is 13.0 Å². The maximum absolute atomic E-state index is 14.4. The lowest BCUT2D eigenvalue weighted by Gasteiger charge is -2.15. The maximum Gasteiger partial charge on any atom is 0.253 e. The lowest BCUT2D eigenvalue weighted by molar-refractivity contribution is 0.0952. The molecule has 0 radical (unpaired) electrons. The summed E-state index contributed by atoms with van der Waals surface area (Å²) in [5.74, 6) is -0.927. The highest BCUT2D eigenvalue weighted by atomic mass is 19.1. The van der Waals surface area contributed by atoms with Crippen LogP contribution >= 0.6 is 0 Å². The highest BCUT2D eigenvalue weighted by Crippen LogP contribution is 2.34. The topological polar surface area (TPSA) is 90.7 Å². The van der Waals surface area contributed by atoms with Crippen molar-refractivity contribution in [3.05, 3.63) is 92.3 Å². The van der Waals surface area contributed by atoms with Gasteiger partial charge in [0.2, 0.25) is 0 Å². The minimum Gasteiger partial charge on any atom is -0.348 e. The summed E-state index contributed by atoms with van der Waals surface area (Å²) in [7, 11) is 0. The van der Waals surface area contributed by atoms with Crippen LogP contribution in [0.3, 0.4) is 0 Å². The predicted molar refractivity (Wildman–Crippen MR) is 139 cm³/mol. The molecule has 4 rings (SSSR count). The molecule has 0 aliphatic heterocycles. The summed E-state index contributed by atoms with van der Waals surface area (Å²) < 4.78 is 16.6. The van der Waals surface area contributed by atoms with E-state index in [9.17, 15) is 14.0 Å². The Balaban J connectivity index is 1.84. The standard InChI is InChI=1S/C29H29FN4O2/c1-6-19(5)34-15-17(3)27-23(28(35)32-14-24-16(2)9-18(4)33-29(24)36)10-22(12-26(27)34)20-7-8-21(13-31)25(30)11-20/h7-12,15,19H,6,14H2,1-5H3,(H,32,35)(H,33,36)/t19-/m0/s1. The first-order chi connectivity index (χ1) is 17.1. The van der Waals surface area contributed by atoms with E-state index in [0.29, 0.717) is 22.3 Å². The normalized spacial score (nSPS) is 11.9. The molecule has 2 N–H and O–H groups in total. The molecule has 184 valence electrons. The van der Waals surface area contributed by atoms with E-state index in [2.05, 4.69) is 28.7 Å². The van der Waals surface area contributed by atoms with Crippen LogP contribution in [0.15, 0.2) is 47.4 Å². The van der Waals surface area contributed by atoms with Gasteiger partial charge in [0.05, 0.1) is 5.56 Å². The number of pyridine rings is 1. The number of rotatable bonds is 6. The molecule has 0 spiro atoms. The Bertz CT molecular complexity index is 1590. The number of fused-ring (bicyclic) bond motifs is 1. The first-order valence-electron chi connectivity index (χ1n) is 12.0. The van der Waals surface area contributed by atoms with E-state index in [1.165, 1.54) is 12.1 Å². The number of hydrogen-bond acceptors (Lipinski definition) is 3. The van der Waals surface area contributed by atoms with Crippen molar-refractivity contribution >= 4 is 16.8 Å². The Morgan fingerprint density at radius 2 is 1.89 bits per heavy atom. The molecule has 2 aromatic heterocycles. The van der Waals surface area contributed by atoms with Gasteiger partial charge >= 0.3 is 0 Å². The number of halogens is 1. The Morgan fingerprint density at radius 1 is 1.14 bits per heavy atom. The van der Waals surface area contributed by atoms with Crippen molar-refractivity contribution in [3.8, 4) is 17.2 Å². The Labute approximate surface area is 209 Å². The van der Waals surface area contributed by atoms with Crippen LogP contribution in [0.5, 0.6) is 0 Å².